The van der Waals surface area contributed by atoms with Gasteiger partial charge in [-0.2, -0.15) is 0 Å². The molecule has 1 nitrogen and oxygen atoms in total. The first kappa shape index (κ1) is 20.6. The molecular formula is C27H36OSi. The molecule has 29 heavy (non-hydrogen) atoms. The van der Waals surface area contributed by atoms with Crippen LogP contribution in [0.5, 0.6) is 0 Å². The molecular weight excluding hydrogens is 368 g/mol. The minimum Gasteiger partial charge on any atom is -0.299 e. The molecule has 4 rings (SSSR count). The quantitative estimate of drug-likeness (QED) is 0.575. The fraction of sp³-hybridized carbons (Fsp3) is 0.519. The van der Waals surface area contributed by atoms with Crippen LogP contribution in [0.2, 0.25) is 10.6 Å². The molecule has 0 heterocycles. The molecule has 0 N–H and O–H groups in total. The Morgan fingerprint density at radius 3 is 1.79 bits per heavy atom. The lowest BCUT2D eigenvalue weighted by atomic mass is 9.66. The van der Waals surface area contributed by atoms with Gasteiger partial charge in [-0.1, -0.05) is 106 Å². The minimum absolute atomic E-state index is 0.0817. The maximum atomic E-state index is 13.2. The third-order valence-electron chi connectivity index (χ3n) is 8.44. The molecule has 0 radical (unpaired) electrons. The minimum atomic E-state index is -2.18. The molecule has 2 atom stereocenters. The molecule has 2 heteroatoms. The second kappa shape index (κ2) is 6.94. The van der Waals surface area contributed by atoms with Gasteiger partial charge in [0.05, 0.1) is 0 Å². The Hall–Kier alpha value is -1.67. The Morgan fingerprint density at radius 1 is 0.862 bits per heavy atom. The molecule has 2 aliphatic carbocycles. The summed E-state index contributed by atoms with van der Waals surface area (Å²) in [4.78, 5) is 13.2. The van der Waals surface area contributed by atoms with Crippen molar-refractivity contribution < 1.29 is 4.79 Å². The highest BCUT2D eigenvalue weighted by Crippen LogP contribution is 2.66. The van der Waals surface area contributed by atoms with Gasteiger partial charge in [0.1, 0.15) is 13.9 Å². The average Bonchev–Trinajstić information content (AvgIpc) is 3.17. The monoisotopic (exact) mass is 404 g/mol. The van der Waals surface area contributed by atoms with Crippen LogP contribution in [0.1, 0.15) is 66.7 Å². The number of hydrogen-bond donors (Lipinski definition) is 0. The fourth-order valence-corrected chi connectivity index (χ4v) is 14.4. The topological polar surface area (TPSA) is 17.1 Å². The number of carbonyl (C=O) groups excluding carboxylic acids is 1. The highest BCUT2D eigenvalue weighted by Gasteiger charge is 2.65. The Kier molecular flexibility index (Phi) is 4.93. The van der Waals surface area contributed by atoms with Gasteiger partial charge < -0.3 is 0 Å². The van der Waals surface area contributed by atoms with Gasteiger partial charge in [-0.25, -0.2) is 0 Å². The summed E-state index contributed by atoms with van der Waals surface area (Å²) in [5, 5.41) is 3.22. The molecule has 0 saturated heterocycles. The van der Waals surface area contributed by atoms with Crippen LogP contribution < -0.4 is 10.4 Å². The molecule has 0 amide bonds. The first-order valence-electron chi connectivity index (χ1n) is 11.3. The van der Waals surface area contributed by atoms with Crippen molar-refractivity contribution in [2.45, 2.75) is 77.3 Å². The number of rotatable bonds is 3. The summed E-state index contributed by atoms with van der Waals surface area (Å²) in [5.74, 6) is 0.544. The van der Waals surface area contributed by atoms with E-state index in [0.29, 0.717) is 11.3 Å². The SMILES string of the molecule is CC1(C)C[C@@H]([Si](c2ccccc2)(c2ccccc2)C(C)(C)C)C[C@@]12CCCC2=O. The number of carbonyl (C=O) groups is 1. The van der Waals surface area contributed by atoms with Gasteiger partial charge in [-0.05, 0) is 41.7 Å². The van der Waals surface area contributed by atoms with E-state index in [0.717, 1.165) is 32.1 Å². The van der Waals surface area contributed by atoms with Gasteiger partial charge in [0.15, 0.2) is 0 Å². The zero-order valence-electron chi connectivity index (χ0n) is 18.8. The fourth-order valence-electron chi connectivity index (χ4n) is 7.27. The normalized spacial score (nSPS) is 26.9. The van der Waals surface area contributed by atoms with Gasteiger partial charge in [-0.15, -0.1) is 0 Å². The van der Waals surface area contributed by atoms with Crippen LogP contribution in [0.15, 0.2) is 60.7 Å². The number of benzene rings is 2. The molecule has 2 aliphatic rings. The lowest BCUT2D eigenvalue weighted by molar-refractivity contribution is -0.130. The Morgan fingerprint density at radius 2 is 1.38 bits per heavy atom. The second-order valence-electron chi connectivity index (χ2n) is 11.1. The van der Waals surface area contributed by atoms with Gasteiger partial charge in [0.25, 0.3) is 0 Å². The summed E-state index contributed by atoms with van der Waals surface area (Å²) in [6.07, 6.45) is 5.19. The molecule has 154 valence electrons. The van der Waals surface area contributed by atoms with Crippen molar-refractivity contribution in [3.63, 3.8) is 0 Å². The van der Waals surface area contributed by atoms with Crippen LogP contribution in [-0.2, 0) is 4.79 Å². The molecule has 2 saturated carbocycles. The van der Waals surface area contributed by atoms with E-state index in [2.05, 4.69) is 95.3 Å². The molecule has 0 unspecified atom stereocenters. The smallest absolute Gasteiger partial charge is 0.139 e. The van der Waals surface area contributed by atoms with Crippen molar-refractivity contribution in [2.75, 3.05) is 0 Å². The zero-order chi connectivity index (χ0) is 20.9. The second-order valence-corrected chi connectivity index (χ2v) is 16.2. The number of ketones is 1. The van der Waals surface area contributed by atoms with Crippen molar-refractivity contribution in [3.8, 4) is 0 Å². The number of hydrogen-bond acceptors (Lipinski definition) is 1. The van der Waals surface area contributed by atoms with Crippen molar-refractivity contribution >= 4 is 24.2 Å². The van der Waals surface area contributed by atoms with Crippen molar-refractivity contribution in [1.29, 1.82) is 0 Å². The number of Topliss-reactive ketones (excluding diaryl/α,β-unsaturated/α-hetero) is 1. The Balaban J connectivity index is 1.96. The largest absolute Gasteiger partial charge is 0.299 e. The lowest BCUT2D eigenvalue weighted by Crippen LogP contribution is -2.67. The molecule has 2 aromatic carbocycles. The van der Waals surface area contributed by atoms with Gasteiger partial charge >= 0.3 is 0 Å². The summed E-state index contributed by atoms with van der Waals surface area (Å²) < 4.78 is 0. The lowest BCUT2D eigenvalue weighted by Gasteiger charge is -2.49. The van der Waals surface area contributed by atoms with Crippen LogP contribution in [0.4, 0.5) is 0 Å². The maximum absolute atomic E-state index is 13.2. The predicted molar refractivity (Wildman–Crippen MR) is 126 cm³/mol. The summed E-state index contributed by atoms with van der Waals surface area (Å²) >= 11 is 0. The standard InChI is InChI=1S/C27H36OSi/c1-25(2,3)29(21-13-8-6-9-14-21,22-15-10-7-11-16-22)23-19-26(4,5)27(20-23)18-12-17-24(27)28/h6-11,13-16,23H,12,17-20H2,1-5H3/t23-,27-/m1/s1. The molecule has 0 bridgehead atoms. The van der Waals surface area contributed by atoms with Gasteiger partial charge in [-0.3, -0.25) is 4.79 Å². The van der Waals surface area contributed by atoms with Crippen molar-refractivity contribution in [3.05, 3.63) is 60.7 Å². The average molecular weight is 405 g/mol. The van der Waals surface area contributed by atoms with Crippen LogP contribution in [0.25, 0.3) is 0 Å². The van der Waals surface area contributed by atoms with E-state index in [-0.39, 0.29) is 15.9 Å². The molecule has 2 aromatic rings. The van der Waals surface area contributed by atoms with Gasteiger partial charge in [0.2, 0.25) is 0 Å². The van der Waals surface area contributed by atoms with E-state index in [1.807, 2.05) is 0 Å². The third kappa shape index (κ3) is 2.90. The third-order valence-corrected chi connectivity index (χ3v) is 14.9. The molecule has 2 fully saturated rings. The van der Waals surface area contributed by atoms with Crippen molar-refractivity contribution in [1.82, 2.24) is 0 Å². The molecule has 0 aromatic heterocycles. The van der Waals surface area contributed by atoms with Crippen LogP contribution >= 0.6 is 0 Å². The van der Waals surface area contributed by atoms with E-state index in [9.17, 15) is 4.79 Å². The summed E-state index contributed by atoms with van der Waals surface area (Å²) in [6, 6.07) is 22.6. The van der Waals surface area contributed by atoms with E-state index in [1.54, 1.807) is 0 Å². The first-order valence-corrected chi connectivity index (χ1v) is 13.4. The summed E-state index contributed by atoms with van der Waals surface area (Å²) in [6.45, 7) is 12.1. The summed E-state index contributed by atoms with van der Waals surface area (Å²) in [7, 11) is -2.18. The van der Waals surface area contributed by atoms with Crippen LogP contribution in [0.3, 0.4) is 0 Å². The van der Waals surface area contributed by atoms with Crippen molar-refractivity contribution in [2.24, 2.45) is 10.8 Å². The Labute approximate surface area is 177 Å². The van der Waals surface area contributed by atoms with Crippen LogP contribution in [0, 0.1) is 10.8 Å². The highest BCUT2D eigenvalue weighted by atomic mass is 28.3. The first-order chi connectivity index (χ1) is 13.7. The zero-order valence-corrected chi connectivity index (χ0v) is 19.8. The highest BCUT2D eigenvalue weighted by molar-refractivity contribution is 7.05. The molecule has 1 spiro atoms. The van der Waals surface area contributed by atoms with E-state index in [1.165, 1.54) is 10.4 Å². The summed E-state index contributed by atoms with van der Waals surface area (Å²) in [5.41, 5.74) is 0.549. The van der Waals surface area contributed by atoms with E-state index in [4.69, 9.17) is 0 Å². The predicted octanol–water partition coefficient (Wildman–Crippen LogP) is 5.98. The van der Waals surface area contributed by atoms with E-state index < -0.39 is 8.07 Å². The maximum Gasteiger partial charge on any atom is 0.139 e. The van der Waals surface area contributed by atoms with Gasteiger partial charge in [0, 0.05) is 11.8 Å². The van der Waals surface area contributed by atoms with Crippen LogP contribution in [-0.4, -0.2) is 13.9 Å². The Bertz CT molecular complexity index is 838. The molecule has 0 aliphatic heterocycles. The van der Waals surface area contributed by atoms with E-state index >= 15 is 0 Å².